The number of halogens is 1. The third-order valence-electron chi connectivity index (χ3n) is 3.75. The van der Waals surface area contributed by atoms with Gasteiger partial charge in [-0.25, -0.2) is 4.39 Å². The normalized spacial score (nSPS) is 10.6. The standard InChI is InChI=1S/C20H24FNO3/c1-14(2)10-11-25-18-9-8-15(12-19(18)24-3)13-22-20(23)16-6-4-5-7-17(16)21/h4-9,12,14H,10-11,13H2,1-3H3,(H,22,23). The average Bonchev–Trinajstić information content (AvgIpc) is 2.60. The molecule has 0 atom stereocenters. The number of hydrogen-bond donors (Lipinski definition) is 1. The number of ether oxygens (including phenoxy) is 2. The molecule has 0 aliphatic carbocycles. The first-order chi connectivity index (χ1) is 12.0. The maximum atomic E-state index is 13.6. The smallest absolute Gasteiger partial charge is 0.254 e. The Bertz CT molecular complexity index is 716. The molecule has 0 aromatic heterocycles. The van der Waals surface area contributed by atoms with Crippen LogP contribution in [0, 0.1) is 11.7 Å². The number of methoxy groups -OCH3 is 1. The lowest BCUT2D eigenvalue weighted by molar-refractivity contribution is 0.0947. The fourth-order valence-corrected chi connectivity index (χ4v) is 2.27. The van der Waals surface area contributed by atoms with Gasteiger partial charge in [0.15, 0.2) is 11.5 Å². The Labute approximate surface area is 148 Å². The zero-order chi connectivity index (χ0) is 18.2. The number of carbonyl (C=O) groups excluding carboxylic acids is 1. The highest BCUT2D eigenvalue weighted by Crippen LogP contribution is 2.28. The van der Waals surface area contributed by atoms with Crippen LogP contribution in [-0.2, 0) is 6.54 Å². The van der Waals surface area contributed by atoms with E-state index in [2.05, 4.69) is 19.2 Å². The van der Waals surface area contributed by atoms with Gasteiger partial charge in [0.05, 0.1) is 19.3 Å². The van der Waals surface area contributed by atoms with Crippen molar-refractivity contribution in [2.45, 2.75) is 26.8 Å². The summed E-state index contributed by atoms with van der Waals surface area (Å²) in [5.41, 5.74) is 0.876. The maximum Gasteiger partial charge on any atom is 0.254 e. The van der Waals surface area contributed by atoms with Crippen LogP contribution in [0.4, 0.5) is 4.39 Å². The molecule has 2 aromatic carbocycles. The summed E-state index contributed by atoms with van der Waals surface area (Å²) in [6.45, 7) is 5.18. The van der Waals surface area contributed by atoms with E-state index in [9.17, 15) is 9.18 Å². The minimum absolute atomic E-state index is 0.0307. The number of amides is 1. The molecule has 0 unspecified atom stereocenters. The van der Waals surface area contributed by atoms with Crippen LogP contribution >= 0.6 is 0 Å². The van der Waals surface area contributed by atoms with Crippen molar-refractivity contribution in [3.05, 3.63) is 59.4 Å². The van der Waals surface area contributed by atoms with Crippen molar-refractivity contribution < 1.29 is 18.7 Å². The Morgan fingerprint density at radius 1 is 1.16 bits per heavy atom. The van der Waals surface area contributed by atoms with Gasteiger partial charge in [0.2, 0.25) is 0 Å². The second-order valence-corrected chi connectivity index (χ2v) is 6.18. The molecule has 25 heavy (non-hydrogen) atoms. The quantitative estimate of drug-likeness (QED) is 0.780. The van der Waals surface area contributed by atoms with Gasteiger partial charge in [0, 0.05) is 6.54 Å². The van der Waals surface area contributed by atoms with E-state index in [0.29, 0.717) is 24.0 Å². The van der Waals surface area contributed by atoms with Gasteiger partial charge in [-0.2, -0.15) is 0 Å². The van der Waals surface area contributed by atoms with E-state index in [1.165, 1.54) is 12.1 Å². The van der Waals surface area contributed by atoms with Crippen LogP contribution in [0.25, 0.3) is 0 Å². The molecule has 2 rings (SSSR count). The summed E-state index contributed by atoms with van der Waals surface area (Å²) in [4.78, 5) is 12.1. The van der Waals surface area contributed by atoms with Gasteiger partial charge < -0.3 is 14.8 Å². The molecule has 0 saturated carbocycles. The summed E-state index contributed by atoms with van der Waals surface area (Å²) in [6.07, 6.45) is 0.962. The molecule has 1 amide bonds. The third-order valence-corrected chi connectivity index (χ3v) is 3.75. The molecule has 0 heterocycles. The zero-order valence-corrected chi connectivity index (χ0v) is 14.8. The fourth-order valence-electron chi connectivity index (χ4n) is 2.27. The van der Waals surface area contributed by atoms with Gasteiger partial charge in [-0.1, -0.05) is 32.0 Å². The minimum Gasteiger partial charge on any atom is -0.493 e. The molecule has 0 aliphatic rings. The molecule has 0 saturated heterocycles. The van der Waals surface area contributed by atoms with Crippen LogP contribution in [0.3, 0.4) is 0 Å². The highest BCUT2D eigenvalue weighted by atomic mass is 19.1. The van der Waals surface area contributed by atoms with Crippen molar-refractivity contribution in [2.75, 3.05) is 13.7 Å². The summed E-state index contributed by atoms with van der Waals surface area (Å²) in [5, 5.41) is 2.71. The predicted molar refractivity (Wildman–Crippen MR) is 95.5 cm³/mol. The molecular formula is C20H24FNO3. The second-order valence-electron chi connectivity index (χ2n) is 6.18. The van der Waals surface area contributed by atoms with Crippen LogP contribution in [0.15, 0.2) is 42.5 Å². The van der Waals surface area contributed by atoms with Crippen molar-refractivity contribution >= 4 is 5.91 Å². The molecular weight excluding hydrogens is 321 g/mol. The highest BCUT2D eigenvalue weighted by Gasteiger charge is 2.11. The van der Waals surface area contributed by atoms with Gasteiger partial charge >= 0.3 is 0 Å². The minimum atomic E-state index is -0.536. The van der Waals surface area contributed by atoms with Crippen LogP contribution in [0.1, 0.15) is 36.2 Å². The van der Waals surface area contributed by atoms with E-state index in [0.717, 1.165) is 12.0 Å². The van der Waals surface area contributed by atoms with Crippen molar-refractivity contribution in [3.8, 4) is 11.5 Å². The number of rotatable bonds is 8. The van der Waals surface area contributed by atoms with Gasteiger partial charge in [-0.05, 0) is 42.2 Å². The van der Waals surface area contributed by atoms with Crippen molar-refractivity contribution in [3.63, 3.8) is 0 Å². The van der Waals surface area contributed by atoms with E-state index in [4.69, 9.17) is 9.47 Å². The lowest BCUT2D eigenvalue weighted by atomic mass is 10.1. The molecule has 1 N–H and O–H groups in total. The monoisotopic (exact) mass is 345 g/mol. The first kappa shape index (κ1) is 18.8. The third kappa shape index (κ3) is 5.48. The second kappa shape index (κ2) is 9.06. The molecule has 0 fully saturated rings. The Balaban J connectivity index is 1.98. The zero-order valence-electron chi connectivity index (χ0n) is 14.8. The van der Waals surface area contributed by atoms with E-state index >= 15 is 0 Å². The number of hydrogen-bond acceptors (Lipinski definition) is 3. The Kier molecular flexibility index (Phi) is 6.81. The molecule has 2 aromatic rings. The molecule has 134 valence electrons. The largest absolute Gasteiger partial charge is 0.493 e. The summed E-state index contributed by atoms with van der Waals surface area (Å²) in [6, 6.07) is 11.4. The number of nitrogens with one attached hydrogen (secondary N) is 1. The number of carbonyl (C=O) groups is 1. The molecule has 0 aliphatic heterocycles. The SMILES string of the molecule is COc1cc(CNC(=O)c2ccccc2F)ccc1OCCC(C)C. The summed E-state index contributed by atoms with van der Waals surface area (Å²) in [5.74, 6) is 0.869. The summed E-state index contributed by atoms with van der Waals surface area (Å²) in [7, 11) is 1.58. The van der Waals surface area contributed by atoms with Crippen LogP contribution < -0.4 is 14.8 Å². The first-order valence-electron chi connectivity index (χ1n) is 8.33. The van der Waals surface area contributed by atoms with Crippen molar-refractivity contribution in [1.29, 1.82) is 0 Å². The lowest BCUT2D eigenvalue weighted by Crippen LogP contribution is -2.23. The van der Waals surface area contributed by atoms with Gasteiger partial charge in [0.25, 0.3) is 5.91 Å². The predicted octanol–water partition coefficient (Wildman–Crippen LogP) is 4.19. The Hall–Kier alpha value is -2.56. The molecule has 4 nitrogen and oxygen atoms in total. The first-order valence-corrected chi connectivity index (χ1v) is 8.33. The van der Waals surface area contributed by atoms with Gasteiger partial charge in [0.1, 0.15) is 5.82 Å². The van der Waals surface area contributed by atoms with E-state index in [1.807, 2.05) is 18.2 Å². The molecule has 0 bridgehead atoms. The van der Waals surface area contributed by atoms with E-state index in [1.54, 1.807) is 19.2 Å². The maximum absolute atomic E-state index is 13.6. The summed E-state index contributed by atoms with van der Waals surface area (Å²) >= 11 is 0. The Morgan fingerprint density at radius 2 is 1.92 bits per heavy atom. The van der Waals surface area contributed by atoms with Crippen LogP contribution in [0.2, 0.25) is 0 Å². The van der Waals surface area contributed by atoms with Crippen LogP contribution in [-0.4, -0.2) is 19.6 Å². The molecule has 5 heteroatoms. The van der Waals surface area contributed by atoms with Gasteiger partial charge in [-0.3, -0.25) is 4.79 Å². The van der Waals surface area contributed by atoms with Crippen molar-refractivity contribution in [2.24, 2.45) is 5.92 Å². The van der Waals surface area contributed by atoms with Crippen LogP contribution in [0.5, 0.6) is 11.5 Å². The number of benzene rings is 2. The lowest BCUT2D eigenvalue weighted by Gasteiger charge is -2.13. The molecule has 0 radical (unpaired) electrons. The topological polar surface area (TPSA) is 47.6 Å². The average molecular weight is 345 g/mol. The fraction of sp³-hybridized carbons (Fsp3) is 0.350. The Morgan fingerprint density at radius 3 is 2.60 bits per heavy atom. The summed E-state index contributed by atoms with van der Waals surface area (Å²) < 4.78 is 24.7. The van der Waals surface area contributed by atoms with Gasteiger partial charge in [-0.15, -0.1) is 0 Å². The van der Waals surface area contributed by atoms with Crippen molar-refractivity contribution in [1.82, 2.24) is 5.32 Å². The molecule has 0 spiro atoms. The van der Waals surface area contributed by atoms with E-state index < -0.39 is 11.7 Å². The highest BCUT2D eigenvalue weighted by molar-refractivity contribution is 5.94. The van der Waals surface area contributed by atoms with E-state index in [-0.39, 0.29) is 12.1 Å².